The molecule has 0 amide bonds. The Morgan fingerprint density at radius 3 is 2.52 bits per heavy atom. The number of thiazole rings is 1. The van der Waals surface area contributed by atoms with E-state index in [0.29, 0.717) is 64.5 Å². The zero-order valence-corrected chi connectivity index (χ0v) is 22.8. The molecule has 1 N–H and O–H groups in total. The number of halogens is 1. The summed E-state index contributed by atoms with van der Waals surface area (Å²) in [4.78, 5) is 23.3. The minimum absolute atomic E-state index is 0.344. The average Bonchev–Trinajstić information content (AvgIpc) is 3.71. The second-order valence-electron chi connectivity index (χ2n) is 9.40. The number of fused-ring (bicyclic) bond motifs is 1. The summed E-state index contributed by atoms with van der Waals surface area (Å²) < 4.78 is 15.4. The van der Waals surface area contributed by atoms with Crippen LogP contribution in [0.15, 0.2) is 48.8 Å². The first-order valence-corrected chi connectivity index (χ1v) is 13.9. The normalized spacial score (nSPS) is 15.1. The van der Waals surface area contributed by atoms with Crippen molar-refractivity contribution in [1.82, 2.24) is 29.7 Å². The number of nitriles is 1. The molecule has 0 spiro atoms. The summed E-state index contributed by atoms with van der Waals surface area (Å²) in [5, 5.41) is 25.1. The summed E-state index contributed by atoms with van der Waals surface area (Å²) in [6, 6.07) is 12.1. The van der Waals surface area contributed by atoms with Crippen LogP contribution in [0.2, 0.25) is 0 Å². The molecule has 202 valence electrons. The van der Waals surface area contributed by atoms with E-state index in [1.165, 1.54) is 23.5 Å². The number of hydrogen-bond donors (Lipinski definition) is 1. The van der Waals surface area contributed by atoms with E-state index in [2.05, 4.69) is 16.0 Å². The number of hydrogen-bond acceptors (Lipinski definition) is 10. The van der Waals surface area contributed by atoms with Crippen molar-refractivity contribution in [2.75, 3.05) is 29.4 Å². The highest BCUT2D eigenvalue weighted by Crippen LogP contribution is 2.38. The highest BCUT2D eigenvalue weighted by atomic mass is 32.1. The summed E-state index contributed by atoms with van der Waals surface area (Å²) in [5.41, 5.74) is 4.10. The van der Waals surface area contributed by atoms with Gasteiger partial charge in [-0.1, -0.05) is 11.3 Å². The average molecular weight is 556 g/mol. The van der Waals surface area contributed by atoms with Crippen LogP contribution in [0.3, 0.4) is 0 Å². The van der Waals surface area contributed by atoms with Crippen LogP contribution in [0.1, 0.15) is 25.1 Å². The van der Waals surface area contributed by atoms with Gasteiger partial charge < -0.3 is 14.9 Å². The van der Waals surface area contributed by atoms with Crippen molar-refractivity contribution >= 4 is 39.3 Å². The van der Waals surface area contributed by atoms with Crippen LogP contribution in [0, 0.1) is 17.1 Å². The first-order valence-electron chi connectivity index (χ1n) is 13.1. The Hall–Kier alpha value is -4.47. The molecular formula is C28H26FN9OS. The molecule has 0 bridgehead atoms. The van der Waals surface area contributed by atoms with Crippen LogP contribution in [-0.2, 0) is 6.54 Å². The minimum Gasteiger partial charge on any atom is -0.391 e. The van der Waals surface area contributed by atoms with Crippen molar-refractivity contribution in [1.29, 1.82) is 5.26 Å². The topological polar surface area (TPSA) is 120 Å². The number of aromatic nitrogens is 6. The van der Waals surface area contributed by atoms with Gasteiger partial charge in [-0.25, -0.2) is 29.0 Å². The van der Waals surface area contributed by atoms with Crippen molar-refractivity contribution < 1.29 is 9.50 Å². The first-order chi connectivity index (χ1) is 19.5. The van der Waals surface area contributed by atoms with E-state index in [4.69, 9.17) is 15.1 Å². The fourth-order valence-corrected chi connectivity index (χ4v) is 5.82. The number of benzene rings is 1. The molecule has 10 nitrogen and oxygen atoms in total. The molecule has 4 aromatic heterocycles. The summed E-state index contributed by atoms with van der Waals surface area (Å²) >= 11 is 1.28. The van der Waals surface area contributed by atoms with Crippen molar-refractivity contribution in [3.8, 4) is 28.6 Å². The fourth-order valence-electron chi connectivity index (χ4n) is 4.86. The van der Waals surface area contributed by atoms with Gasteiger partial charge in [0, 0.05) is 49.7 Å². The lowest BCUT2D eigenvalue weighted by Gasteiger charge is -2.20. The van der Waals surface area contributed by atoms with Gasteiger partial charge in [-0.3, -0.25) is 0 Å². The van der Waals surface area contributed by atoms with Crippen LogP contribution in [-0.4, -0.2) is 60.6 Å². The maximum atomic E-state index is 13.5. The van der Waals surface area contributed by atoms with Gasteiger partial charge in [0.25, 0.3) is 0 Å². The van der Waals surface area contributed by atoms with E-state index in [1.807, 2.05) is 40.5 Å². The third kappa shape index (κ3) is 4.63. The molecule has 1 aromatic carbocycles. The third-order valence-electron chi connectivity index (χ3n) is 6.88. The lowest BCUT2D eigenvalue weighted by atomic mass is 10.1. The molecule has 0 aliphatic carbocycles. The Balaban J connectivity index is 1.40. The lowest BCUT2D eigenvalue weighted by molar-refractivity contribution is 0.198. The summed E-state index contributed by atoms with van der Waals surface area (Å²) in [5.74, 6) is 1.02. The van der Waals surface area contributed by atoms with E-state index in [-0.39, 0.29) is 11.9 Å². The van der Waals surface area contributed by atoms with Gasteiger partial charge in [0.05, 0.1) is 11.8 Å². The molecule has 0 saturated carbocycles. The van der Waals surface area contributed by atoms with Gasteiger partial charge in [-0.05, 0) is 56.7 Å². The van der Waals surface area contributed by atoms with E-state index in [0.717, 1.165) is 23.4 Å². The van der Waals surface area contributed by atoms with Crippen LogP contribution in [0.4, 0.5) is 21.3 Å². The largest absolute Gasteiger partial charge is 0.391 e. The Morgan fingerprint density at radius 1 is 1.10 bits per heavy atom. The van der Waals surface area contributed by atoms with Crippen LogP contribution in [0.25, 0.3) is 33.5 Å². The summed E-state index contributed by atoms with van der Waals surface area (Å²) in [7, 11) is 0. The number of pyridine rings is 1. The van der Waals surface area contributed by atoms with Gasteiger partial charge in [-0.2, -0.15) is 10.4 Å². The molecule has 1 saturated heterocycles. The number of β-amino-alcohol motifs (C(OH)–C–C–N with tert-alkyl or cyclic N) is 1. The van der Waals surface area contributed by atoms with Gasteiger partial charge in [0.2, 0.25) is 5.95 Å². The highest BCUT2D eigenvalue weighted by molar-refractivity contribution is 7.16. The Bertz CT molecular complexity index is 1710. The maximum Gasteiger partial charge on any atom is 0.225 e. The van der Waals surface area contributed by atoms with Gasteiger partial charge in [0.15, 0.2) is 10.9 Å². The molecule has 0 radical (unpaired) electrons. The first kappa shape index (κ1) is 25.8. The van der Waals surface area contributed by atoms with Crippen molar-refractivity contribution in [3.63, 3.8) is 0 Å². The number of anilines is 3. The van der Waals surface area contributed by atoms with Crippen molar-refractivity contribution in [2.24, 2.45) is 0 Å². The molecule has 1 aliphatic rings. The zero-order chi connectivity index (χ0) is 27.8. The Labute approximate surface area is 234 Å². The molecule has 1 atom stereocenters. The highest BCUT2D eigenvalue weighted by Gasteiger charge is 2.25. The molecule has 1 aliphatic heterocycles. The molecule has 12 heteroatoms. The number of nitrogens with zero attached hydrogens (tertiary/aromatic N) is 9. The summed E-state index contributed by atoms with van der Waals surface area (Å²) in [6.07, 6.45) is 3.85. The minimum atomic E-state index is -0.351. The second-order valence-corrected chi connectivity index (χ2v) is 10.4. The second kappa shape index (κ2) is 10.6. The smallest absolute Gasteiger partial charge is 0.225 e. The molecule has 6 rings (SSSR count). The number of aliphatic hydroxyl groups excluding tert-OH is 1. The maximum absolute atomic E-state index is 13.5. The van der Waals surface area contributed by atoms with Gasteiger partial charge in [0.1, 0.15) is 33.5 Å². The van der Waals surface area contributed by atoms with Crippen LogP contribution in [0.5, 0.6) is 0 Å². The molecule has 1 fully saturated rings. The van der Waals surface area contributed by atoms with E-state index >= 15 is 0 Å². The van der Waals surface area contributed by atoms with E-state index < -0.39 is 0 Å². The predicted octanol–water partition coefficient (Wildman–Crippen LogP) is 4.77. The monoisotopic (exact) mass is 555 g/mol. The quantitative estimate of drug-likeness (QED) is 0.303. The Kier molecular flexibility index (Phi) is 6.83. The molecule has 5 aromatic rings. The van der Waals surface area contributed by atoms with Crippen molar-refractivity contribution in [2.45, 2.75) is 32.9 Å². The molecule has 1 unspecified atom stereocenters. The van der Waals surface area contributed by atoms with Gasteiger partial charge >= 0.3 is 0 Å². The third-order valence-corrected chi connectivity index (χ3v) is 7.86. The predicted molar refractivity (Wildman–Crippen MR) is 152 cm³/mol. The van der Waals surface area contributed by atoms with E-state index in [1.54, 1.807) is 24.5 Å². The standard InChI is InChI=1S/C28H26FN9OS/c1-3-37(28-34-24(23(13-30)40-28)17-5-7-19(29)8-6-17)26-25-22(35-38(26)4-2)10-9-21(33-25)18-14-31-27(32-15-18)36-12-11-20(39)16-36/h5-10,14-15,20,39H,3-4,11-12,16H2,1-2H3. The molecule has 40 heavy (non-hydrogen) atoms. The number of aliphatic hydroxyl groups is 1. The van der Waals surface area contributed by atoms with Crippen LogP contribution < -0.4 is 9.80 Å². The van der Waals surface area contributed by atoms with E-state index in [9.17, 15) is 14.8 Å². The molecular weight excluding hydrogens is 529 g/mol. The van der Waals surface area contributed by atoms with Crippen molar-refractivity contribution in [3.05, 3.63) is 59.5 Å². The zero-order valence-electron chi connectivity index (χ0n) is 22.0. The Morgan fingerprint density at radius 2 is 1.88 bits per heavy atom. The van der Waals surface area contributed by atoms with Gasteiger partial charge in [-0.15, -0.1) is 0 Å². The SMILES string of the molecule is CCN(c1nc(-c2ccc(F)cc2)c(C#N)s1)c1c2nc(-c3cnc(N4CCC(O)C4)nc3)ccc2nn1CC. The van der Waals surface area contributed by atoms with Crippen LogP contribution >= 0.6 is 11.3 Å². The lowest BCUT2D eigenvalue weighted by Crippen LogP contribution is -2.23. The molecule has 5 heterocycles. The number of aryl methyl sites for hydroxylation is 1. The number of rotatable bonds is 7. The fraction of sp³-hybridized carbons (Fsp3) is 0.286. The summed E-state index contributed by atoms with van der Waals surface area (Å²) in [6.45, 7) is 6.45.